The first-order chi connectivity index (χ1) is 11.9. The second-order valence-electron chi connectivity index (χ2n) is 5.70. The summed E-state index contributed by atoms with van der Waals surface area (Å²) in [6, 6.07) is 8.28. The molecule has 0 saturated carbocycles. The predicted octanol–water partition coefficient (Wildman–Crippen LogP) is 1.61. The Hall–Kier alpha value is -2.68. The van der Waals surface area contributed by atoms with Gasteiger partial charge < -0.3 is 15.4 Å². The molecular formula is C16H18N4O4S. The highest BCUT2D eigenvalue weighted by Crippen LogP contribution is 2.18. The maximum absolute atomic E-state index is 11.5. The summed E-state index contributed by atoms with van der Waals surface area (Å²) >= 11 is 0. The highest BCUT2D eigenvalue weighted by Gasteiger charge is 2.27. The smallest absolute Gasteiger partial charge is 0.337 e. The third-order valence-corrected chi connectivity index (χ3v) is 5.57. The number of esters is 1. The molecule has 2 N–H and O–H groups in total. The molecule has 1 aliphatic heterocycles. The maximum atomic E-state index is 11.5. The van der Waals surface area contributed by atoms with Gasteiger partial charge in [0.25, 0.3) is 0 Å². The van der Waals surface area contributed by atoms with E-state index in [1.165, 1.54) is 7.11 Å². The standard InChI is InChI=1S/C16H18N4O4S/c1-24-15(21)11-2-4-12(5-3-11)19-16-17-8-6-14(20-16)18-13-7-9-25(22,23)10-13/h2-6,8,13H,7,9-10H2,1H3,(H2,17,18,19,20). The van der Waals surface area contributed by atoms with Gasteiger partial charge in [-0.05, 0) is 36.8 Å². The molecule has 2 aromatic rings. The monoisotopic (exact) mass is 362 g/mol. The number of carbonyl (C=O) groups excluding carboxylic acids is 1. The van der Waals surface area contributed by atoms with E-state index < -0.39 is 15.8 Å². The van der Waals surface area contributed by atoms with Gasteiger partial charge in [-0.2, -0.15) is 4.98 Å². The summed E-state index contributed by atoms with van der Waals surface area (Å²) in [6.45, 7) is 0. The van der Waals surface area contributed by atoms with E-state index in [1.807, 2.05) is 0 Å². The van der Waals surface area contributed by atoms with E-state index in [1.54, 1.807) is 36.5 Å². The number of anilines is 3. The van der Waals surface area contributed by atoms with Gasteiger partial charge in [0, 0.05) is 17.9 Å². The Morgan fingerprint density at radius 2 is 2.00 bits per heavy atom. The number of ether oxygens (including phenoxy) is 1. The van der Waals surface area contributed by atoms with E-state index in [4.69, 9.17) is 0 Å². The average Bonchev–Trinajstić information content (AvgIpc) is 2.93. The molecule has 25 heavy (non-hydrogen) atoms. The van der Waals surface area contributed by atoms with E-state index >= 15 is 0 Å². The zero-order valence-electron chi connectivity index (χ0n) is 13.6. The molecule has 3 rings (SSSR count). The molecule has 0 amide bonds. The molecule has 1 unspecified atom stereocenters. The average molecular weight is 362 g/mol. The molecular weight excluding hydrogens is 344 g/mol. The van der Waals surface area contributed by atoms with Crippen molar-refractivity contribution in [3.63, 3.8) is 0 Å². The van der Waals surface area contributed by atoms with Crippen LogP contribution in [0, 0.1) is 0 Å². The molecule has 1 aliphatic rings. The molecule has 1 aromatic carbocycles. The van der Waals surface area contributed by atoms with Crippen molar-refractivity contribution >= 4 is 33.3 Å². The zero-order valence-corrected chi connectivity index (χ0v) is 14.4. The molecule has 1 saturated heterocycles. The summed E-state index contributed by atoms with van der Waals surface area (Å²) in [5.74, 6) is 0.852. The summed E-state index contributed by atoms with van der Waals surface area (Å²) in [5, 5.41) is 6.16. The van der Waals surface area contributed by atoms with Crippen LogP contribution in [0.3, 0.4) is 0 Å². The van der Waals surface area contributed by atoms with E-state index in [2.05, 4.69) is 25.3 Å². The maximum Gasteiger partial charge on any atom is 0.337 e. The predicted molar refractivity (Wildman–Crippen MR) is 93.8 cm³/mol. The minimum atomic E-state index is -2.95. The van der Waals surface area contributed by atoms with E-state index in [0.717, 1.165) is 0 Å². The van der Waals surface area contributed by atoms with Crippen LogP contribution in [0.4, 0.5) is 17.5 Å². The Morgan fingerprint density at radius 3 is 2.64 bits per heavy atom. The summed E-state index contributed by atoms with van der Waals surface area (Å²) in [4.78, 5) is 19.9. The lowest BCUT2D eigenvalue weighted by atomic mass is 10.2. The molecule has 2 heterocycles. The van der Waals surface area contributed by atoms with Crippen LogP contribution in [-0.2, 0) is 14.6 Å². The highest BCUT2D eigenvalue weighted by molar-refractivity contribution is 7.91. The summed E-state index contributed by atoms with van der Waals surface area (Å²) < 4.78 is 27.7. The lowest BCUT2D eigenvalue weighted by Crippen LogP contribution is -2.21. The minimum absolute atomic E-state index is 0.120. The fourth-order valence-electron chi connectivity index (χ4n) is 2.55. The topological polar surface area (TPSA) is 110 Å². The van der Waals surface area contributed by atoms with Crippen molar-refractivity contribution in [1.29, 1.82) is 0 Å². The molecule has 1 atom stereocenters. The van der Waals surface area contributed by atoms with Crippen molar-refractivity contribution in [2.24, 2.45) is 0 Å². The Labute approximate surface area is 145 Å². The van der Waals surface area contributed by atoms with Crippen molar-refractivity contribution in [1.82, 2.24) is 9.97 Å². The number of hydrogen-bond acceptors (Lipinski definition) is 8. The minimum Gasteiger partial charge on any atom is -0.465 e. The fraction of sp³-hybridized carbons (Fsp3) is 0.312. The van der Waals surface area contributed by atoms with Gasteiger partial charge in [0.2, 0.25) is 5.95 Å². The number of nitrogens with zero attached hydrogens (tertiary/aromatic N) is 2. The number of hydrogen-bond donors (Lipinski definition) is 2. The van der Waals surface area contributed by atoms with Crippen molar-refractivity contribution in [2.75, 3.05) is 29.2 Å². The molecule has 0 spiro atoms. The van der Waals surface area contributed by atoms with Gasteiger partial charge in [-0.3, -0.25) is 0 Å². The van der Waals surface area contributed by atoms with Crippen LogP contribution < -0.4 is 10.6 Å². The number of nitrogens with one attached hydrogen (secondary N) is 2. The Balaban J connectivity index is 1.66. The van der Waals surface area contributed by atoms with Crippen LogP contribution in [0.15, 0.2) is 36.5 Å². The van der Waals surface area contributed by atoms with Crippen LogP contribution in [-0.4, -0.2) is 49.0 Å². The summed E-state index contributed by atoms with van der Waals surface area (Å²) in [5.41, 5.74) is 1.17. The van der Waals surface area contributed by atoms with Gasteiger partial charge in [-0.25, -0.2) is 18.2 Å². The Bertz CT molecular complexity index is 868. The molecule has 0 radical (unpaired) electrons. The number of rotatable bonds is 5. The van der Waals surface area contributed by atoms with Crippen LogP contribution in [0.5, 0.6) is 0 Å². The van der Waals surface area contributed by atoms with Crippen molar-refractivity contribution in [3.05, 3.63) is 42.1 Å². The number of benzene rings is 1. The van der Waals surface area contributed by atoms with E-state index in [0.29, 0.717) is 29.4 Å². The third-order valence-electron chi connectivity index (χ3n) is 3.80. The largest absolute Gasteiger partial charge is 0.465 e. The van der Waals surface area contributed by atoms with Crippen molar-refractivity contribution < 1.29 is 17.9 Å². The summed E-state index contributed by atoms with van der Waals surface area (Å²) in [7, 11) is -1.62. The first-order valence-electron chi connectivity index (χ1n) is 7.70. The Kier molecular flexibility index (Phi) is 4.84. The van der Waals surface area contributed by atoms with Gasteiger partial charge in [0.1, 0.15) is 5.82 Å². The zero-order chi connectivity index (χ0) is 17.9. The first-order valence-corrected chi connectivity index (χ1v) is 9.53. The van der Waals surface area contributed by atoms with Gasteiger partial charge in [0.05, 0.1) is 24.2 Å². The highest BCUT2D eigenvalue weighted by atomic mass is 32.2. The van der Waals surface area contributed by atoms with Gasteiger partial charge >= 0.3 is 5.97 Å². The van der Waals surface area contributed by atoms with Crippen LogP contribution in [0.25, 0.3) is 0 Å². The third kappa shape index (κ3) is 4.44. The van der Waals surface area contributed by atoms with Crippen LogP contribution >= 0.6 is 0 Å². The molecule has 1 aromatic heterocycles. The fourth-order valence-corrected chi connectivity index (χ4v) is 4.23. The van der Waals surface area contributed by atoms with Crippen molar-refractivity contribution in [2.45, 2.75) is 12.5 Å². The lowest BCUT2D eigenvalue weighted by Gasteiger charge is -2.12. The number of carbonyl (C=O) groups is 1. The second kappa shape index (κ2) is 7.06. The molecule has 1 fully saturated rings. The van der Waals surface area contributed by atoms with Crippen LogP contribution in [0.2, 0.25) is 0 Å². The molecule has 0 bridgehead atoms. The number of aromatic nitrogens is 2. The van der Waals surface area contributed by atoms with Gasteiger partial charge in [-0.1, -0.05) is 0 Å². The normalized spacial score (nSPS) is 18.5. The van der Waals surface area contributed by atoms with Crippen molar-refractivity contribution in [3.8, 4) is 0 Å². The quantitative estimate of drug-likeness (QED) is 0.772. The molecule has 132 valence electrons. The van der Waals surface area contributed by atoms with Crippen LogP contribution in [0.1, 0.15) is 16.8 Å². The lowest BCUT2D eigenvalue weighted by molar-refractivity contribution is 0.0601. The number of methoxy groups -OCH3 is 1. The van der Waals surface area contributed by atoms with Gasteiger partial charge in [0.15, 0.2) is 9.84 Å². The summed E-state index contributed by atoms with van der Waals surface area (Å²) in [6.07, 6.45) is 2.16. The SMILES string of the molecule is COC(=O)c1ccc(Nc2nccc(NC3CCS(=O)(=O)C3)n2)cc1. The second-order valence-corrected chi connectivity index (χ2v) is 7.93. The molecule has 9 heteroatoms. The first kappa shape index (κ1) is 17.2. The molecule has 8 nitrogen and oxygen atoms in total. The Morgan fingerprint density at radius 1 is 1.24 bits per heavy atom. The van der Waals surface area contributed by atoms with E-state index in [9.17, 15) is 13.2 Å². The van der Waals surface area contributed by atoms with E-state index in [-0.39, 0.29) is 17.5 Å². The number of sulfone groups is 1. The molecule has 0 aliphatic carbocycles. The van der Waals surface area contributed by atoms with Gasteiger partial charge in [-0.15, -0.1) is 0 Å².